The Morgan fingerprint density at radius 2 is 2.11 bits per heavy atom. The number of imide groups is 1. The lowest BCUT2D eigenvalue weighted by Gasteiger charge is -2.32. The standard InChI is InChI=1S/C11H17N3O4S/c1-3-13-4-5-14(10(17)9(13)16)11(18)12-8(6-15)7-19-2/h6,8H,3-5,7H2,1-2H3,(H,12,18). The van der Waals surface area contributed by atoms with Crippen molar-refractivity contribution in [1.29, 1.82) is 0 Å². The van der Waals surface area contributed by atoms with Crippen molar-refractivity contribution in [1.82, 2.24) is 15.1 Å². The van der Waals surface area contributed by atoms with E-state index in [0.29, 0.717) is 25.1 Å². The number of urea groups is 1. The van der Waals surface area contributed by atoms with Crippen molar-refractivity contribution in [2.75, 3.05) is 31.6 Å². The van der Waals surface area contributed by atoms with Crippen LogP contribution in [-0.4, -0.2) is 71.6 Å². The molecular weight excluding hydrogens is 270 g/mol. The van der Waals surface area contributed by atoms with E-state index in [-0.39, 0.29) is 6.54 Å². The van der Waals surface area contributed by atoms with E-state index in [1.54, 1.807) is 13.2 Å². The summed E-state index contributed by atoms with van der Waals surface area (Å²) in [5, 5.41) is 2.43. The number of carbonyl (C=O) groups excluding carboxylic acids is 4. The fourth-order valence-electron chi connectivity index (χ4n) is 1.70. The number of amides is 4. The van der Waals surface area contributed by atoms with Crippen molar-refractivity contribution in [3.8, 4) is 0 Å². The van der Waals surface area contributed by atoms with E-state index in [1.165, 1.54) is 16.7 Å². The first-order valence-corrected chi connectivity index (χ1v) is 7.30. The lowest BCUT2D eigenvalue weighted by molar-refractivity contribution is -0.153. The Hall–Kier alpha value is -1.57. The molecule has 8 heteroatoms. The van der Waals surface area contributed by atoms with Crippen LogP contribution in [0.5, 0.6) is 0 Å². The van der Waals surface area contributed by atoms with E-state index >= 15 is 0 Å². The summed E-state index contributed by atoms with van der Waals surface area (Å²) in [7, 11) is 0. The number of hydrogen-bond acceptors (Lipinski definition) is 5. The SMILES string of the molecule is CCN1CCN(C(=O)NC(C=O)CSC)C(=O)C1=O. The molecule has 4 amide bonds. The third-order valence-corrected chi connectivity index (χ3v) is 3.45. The third kappa shape index (κ3) is 3.69. The molecule has 0 aromatic carbocycles. The zero-order valence-electron chi connectivity index (χ0n) is 10.9. The summed E-state index contributed by atoms with van der Waals surface area (Å²) in [5.41, 5.74) is 0. The Bertz CT molecular complexity index is 388. The van der Waals surface area contributed by atoms with Gasteiger partial charge in [-0.15, -0.1) is 0 Å². The molecule has 1 fully saturated rings. The zero-order valence-corrected chi connectivity index (χ0v) is 11.7. The first-order chi connectivity index (χ1) is 9.04. The molecule has 1 aliphatic heterocycles. The van der Waals surface area contributed by atoms with Crippen LogP contribution in [0, 0.1) is 0 Å². The van der Waals surface area contributed by atoms with Crippen molar-refractivity contribution in [2.24, 2.45) is 0 Å². The number of nitrogens with one attached hydrogen (secondary N) is 1. The zero-order chi connectivity index (χ0) is 14.4. The summed E-state index contributed by atoms with van der Waals surface area (Å²) in [6.45, 7) is 2.67. The maximum absolute atomic E-state index is 11.8. The van der Waals surface area contributed by atoms with Crippen LogP contribution in [0.2, 0.25) is 0 Å². The Morgan fingerprint density at radius 1 is 1.42 bits per heavy atom. The summed E-state index contributed by atoms with van der Waals surface area (Å²) in [6.07, 6.45) is 2.42. The van der Waals surface area contributed by atoms with Gasteiger partial charge in [-0.2, -0.15) is 11.8 Å². The van der Waals surface area contributed by atoms with E-state index in [4.69, 9.17) is 0 Å². The van der Waals surface area contributed by atoms with Crippen molar-refractivity contribution in [2.45, 2.75) is 13.0 Å². The number of thioether (sulfide) groups is 1. The van der Waals surface area contributed by atoms with Gasteiger partial charge in [-0.05, 0) is 13.2 Å². The molecule has 0 aromatic heterocycles. The van der Waals surface area contributed by atoms with E-state index < -0.39 is 23.9 Å². The molecule has 7 nitrogen and oxygen atoms in total. The predicted molar refractivity (Wildman–Crippen MR) is 70.7 cm³/mol. The van der Waals surface area contributed by atoms with Crippen molar-refractivity contribution < 1.29 is 19.2 Å². The van der Waals surface area contributed by atoms with E-state index in [1.807, 2.05) is 0 Å². The van der Waals surface area contributed by atoms with Crippen molar-refractivity contribution >= 4 is 35.9 Å². The highest BCUT2D eigenvalue weighted by Crippen LogP contribution is 2.06. The normalized spacial score (nSPS) is 17.4. The van der Waals surface area contributed by atoms with Crippen LogP contribution in [0.4, 0.5) is 4.79 Å². The van der Waals surface area contributed by atoms with Crippen LogP contribution < -0.4 is 5.32 Å². The minimum atomic E-state index is -0.848. The monoisotopic (exact) mass is 287 g/mol. The Labute approximate surface area is 115 Å². The number of hydrogen-bond donors (Lipinski definition) is 1. The Kier molecular flexibility index (Phi) is 5.81. The molecule has 1 rings (SSSR count). The molecule has 0 saturated carbocycles. The van der Waals surface area contributed by atoms with Crippen LogP contribution in [0.3, 0.4) is 0 Å². The first-order valence-electron chi connectivity index (χ1n) is 5.90. The second kappa shape index (κ2) is 7.13. The highest BCUT2D eigenvalue weighted by Gasteiger charge is 2.35. The molecule has 19 heavy (non-hydrogen) atoms. The fourth-order valence-corrected chi connectivity index (χ4v) is 2.22. The minimum Gasteiger partial charge on any atom is -0.333 e. The van der Waals surface area contributed by atoms with Gasteiger partial charge in [0.25, 0.3) is 0 Å². The molecule has 1 saturated heterocycles. The molecule has 1 heterocycles. The predicted octanol–water partition coefficient (Wildman–Crippen LogP) is -0.683. The summed E-state index contributed by atoms with van der Waals surface area (Å²) < 4.78 is 0. The second-order valence-electron chi connectivity index (χ2n) is 3.99. The van der Waals surface area contributed by atoms with Crippen LogP contribution in [0.15, 0.2) is 0 Å². The van der Waals surface area contributed by atoms with Crippen molar-refractivity contribution in [3.05, 3.63) is 0 Å². The molecule has 1 N–H and O–H groups in total. The van der Waals surface area contributed by atoms with E-state index in [9.17, 15) is 19.2 Å². The molecule has 0 aliphatic carbocycles. The van der Waals surface area contributed by atoms with Gasteiger partial charge in [0.05, 0.1) is 6.04 Å². The van der Waals surface area contributed by atoms with Gasteiger partial charge in [-0.3, -0.25) is 14.5 Å². The smallest absolute Gasteiger partial charge is 0.325 e. The minimum absolute atomic E-state index is 0.148. The number of rotatable bonds is 5. The fraction of sp³-hybridized carbons (Fsp3) is 0.636. The van der Waals surface area contributed by atoms with Gasteiger partial charge >= 0.3 is 17.8 Å². The van der Waals surface area contributed by atoms with Crippen molar-refractivity contribution in [3.63, 3.8) is 0 Å². The molecule has 0 spiro atoms. The van der Waals surface area contributed by atoms with Crippen LogP contribution in [0.1, 0.15) is 6.92 Å². The number of likely N-dealkylation sites (N-methyl/N-ethyl adjacent to an activating group) is 1. The second-order valence-corrected chi connectivity index (χ2v) is 4.90. The van der Waals surface area contributed by atoms with Gasteiger partial charge in [0, 0.05) is 25.4 Å². The van der Waals surface area contributed by atoms with Crippen LogP contribution >= 0.6 is 11.8 Å². The Morgan fingerprint density at radius 3 is 2.63 bits per heavy atom. The lowest BCUT2D eigenvalue weighted by Crippen LogP contribution is -2.59. The summed E-state index contributed by atoms with van der Waals surface area (Å²) in [6, 6.07) is -1.35. The number of carbonyl (C=O) groups is 4. The molecule has 0 aromatic rings. The van der Waals surface area contributed by atoms with Gasteiger partial charge in [0.2, 0.25) is 0 Å². The van der Waals surface area contributed by atoms with Gasteiger partial charge in [-0.25, -0.2) is 4.79 Å². The summed E-state index contributed by atoms with van der Waals surface area (Å²) in [5.74, 6) is -1.11. The molecule has 0 bridgehead atoms. The maximum Gasteiger partial charge on any atom is 0.325 e. The largest absolute Gasteiger partial charge is 0.333 e. The average molecular weight is 287 g/mol. The molecule has 1 atom stereocenters. The van der Waals surface area contributed by atoms with Gasteiger partial charge in [0.15, 0.2) is 0 Å². The van der Waals surface area contributed by atoms with Crippen LogP contribution in [0.25, 0.3) is 0 Å². The highest BCUT2D eigenvalue weighted by molar-refractivity contribution is 7.98. The molecule has 1 unspecified atom stereocenters. The molecular formula is C11H17N3O4S. The van der Waals surface area contributed by atoms with Crippen LogP contribution in [-0.2, 0) is 14.4 Å². The third-order valence-electron chi connectivity index (χ3n) is 2.76. The first kappa shape index (κ1) is 15.5. The Balaban J connectivity index is 2.65. The van der Waals surface area contributed by atoms with E-state index in [0.717, 1.165) is 4.90 Å². The summed E-state index contributed by atoms with van der Waals surface area (Å²) in [4.78, 5) is 48.2. The molecule has 0 radical (unpaired) electrons. The highest BCUT2D eigenvalue weighted by atomic mass is 32.2. The van der Waals surface area contributed by atoms with Gasteiger partial charge in [0.1, 0.15) is 6.29 Å². The lowest BCUT2D eigenvalue weighted by atomic mass is 10.3. The maximum atomic E-state index is 11.8. The summed E-state index contributed by atoms with van der Waals surface area (Å²) >= 11 is 1.40. The number of nitrogens with zero attached hydrogens (tertiary/aromatic N) is 2. The average Bonchev–Trinajstić information content (AvgIpc) is 2.41. The number of piperazine rings is 1. The number of aldehydes is 1. The quantitative estimate of drug-likeness (QED) is 0.534. The molecule has 106 valence electrons. The molecule has 1 aliphatic rings. The van der Waals surface area contributed by atoms with Gasteiger partial charge < -0.3 is 15.0 Å². The van der Waals surface area contributed by atoms with E-state index in [2.05, 4.69) is 5.32 Å². The van der Waals surface area contributed by atoms with Gasteiger partial charge in [-0.1, -0.05) is 0 Å². The topological polar surface area (TPSA) is 86.8 Å².